The molecule has 0 aliphatic carbocycles. The SMILES string of the molecule is CSc1nc(C(C#N)S(=O)(=O)c2cccc(F)c2)c([N+](=O)[O-])c(N2CCOC(C)C2)n1. The maximum absolute atomic E-state index is 13.6. The second-order valence-corrected chi connectivity index (χ2v) is 9.47. The molecule has 1 aromatic carbocycles. The van der Waals surface area contributed by atoms with Crippen LogP contribution in [0.15, 0.2) is 34.3 Å². The van der Waals surface area contributed by atoms with E-state index in [9.17, 15) is 28.2 Å². The van der Waals surface area contributed by atoms with Gasteiger partial charge in [0.1, 0.15) is 5.82 Å². The number of thioether (sulfide) groups is 1. The maximum Gasteiger partial charge on any atom is 0.335 e. The molecule has 0 saturated carbocycles. The number of ether oxygens (including phenoxy) is 1. The Morgan fingerprint density at radius 1 is 1.45 bits per heavy atom. The molecule has 0 N–H and O–H groups in total. The Bertz CT molecular complexity index is 1150. The Balaban J connectivity index is 2.24. The van der Waals surface area contributed by atoms with Crippen molar-refractivity contribution in [2.75, 3.05) is 30.9 Å². The molecular formula is C18H18FN5O5S2. The molecule has 13 heteroatoms. The van der Waals surface area contributed by atoms with E-state index < -0.39 is 42.1 Å². The summed E-state index contributed by atoms with van der Waals surface area (Å²) < 4.78 is 45.3. The number of nitrogens with zero attached hydrogens (tertiary/aromatic N) is 5. The summed E-state index contributed by atoms with van der Waals surface area (Å²) in [7, 11) is -4.51. The Morgan fingerprint density at radius 2 is 2.19 bits per heavy atom. The summed E-state index contributed by atoms with van der Waals surface area (Å²) >= 11 is 1.05. The lowest BCUT2D eigenvalue weighted by atomic mass is 10.2. The van der Waals surface area contributed by atoms with Gasteiger partial charge in [-0.1, -0.05) is 17.8 Å². The molecule has 0 bridgehead atoms. The zero-order chi connectivity index (χ0) is 22.8. The molecule has 3 rings (SSSR count). The Hall–Kier alpha value is -2.82. The molecule has 0 spiro atoms. The van der Waals surface area contributed by atoms with Gasteiger partial charge in [-0.3, -0.25) is 10.1 Å². The van der Waals surface area contributed by atoms with Gasteiger partial charge in [-0.15, -0.1) is 0 Å². The number of hydrogen-bond acceptors (Lipinski definition) is 10. The van der Waals surface area contributed by atoms with Crippen LogP contribution in [0.25, 0.3) is 0 Å². The molecule has 31 heavy (non-hydrogen) atoms. The van der Waals surface area contributed by atoms with Crippen LogP contribution in [-0.2, 0) is 14.6 Å². The summed E-state index contributed by atoms with van der Waals surface area (Å²) in [6, 6.07) is 5.71. The van der Waals surface area contributed by atoms with Gasteiger partial charge >= 0.3 is 5.69 Å². The molecular weight excluding hydrogens is 449 g/mol. The van der Waals surface area contributed by atoms with Crippen molar-refractivity contribution >= 4 is 33.1 Å². The zero-order valence-corrected chi connectivity index (χ0v) is 18.2. The fourth-order valence-electron chi connectivity index (χ4n) is 3.18. The van der Waals surface area contributed by atoms with Crippen LogP contribution in [0.4, 0.5) is 15.9 Å². The number of nitro groups is 1. The number of benzene rings is 1. The standard InChI is InChI=1S/C18H18FN5O5S2/c1-11-10-23(6-7-29-11)17-16(24(25)26)15(21-18(22-17)30-2)14(9-20)31(27,28)13-5-3-4-12(19)8-13/h3-5,8,11,14H,6-7,10H2,1-2H3. The maximum atomic E-state index is 13.6. The van der Waals surface area contributed by atoms with Gasteiger partial charge in [-0.25, -0.2) is 17.8 Å². The van der Waals surface area contributed by atoms with Crippen molar-refractivity contribution in [3.63, 3.8) is 0 Å². The molecule has 1 aliphatic heterocycles. The van der Waals surface area contributed by atoms with Gasteiger partial charge in [0.2, 0.25) is 20.9 Å². The van der Waals surface area contributed by atoms with Crippen molar-refractivity contribution < 1.29 is 22.5 Å². The largest absolute Gasteiger partial charge is 0.375 e. The quantitative estimate of drug-likeness (QED) is 0.269. The minimum absolute atomic E-state index is 0.0736. The summed E-state index contributed by atoms with van der Waals surface area (Å²) in [4.78, 5) is 20.6. The van der Waals surface area contributed by atoms with Gasteiger partial charge < -0.3 is 9.64 Å². The second kappa shape index (κ2) is 9.13. The number of aromatic nitrogens is 2. The average Bonchev–Trinajstić information content (AvgIpc) is 2.73. The van der Waals surface area contributed by atoms with E-state index in [1.54, 1.807) is 24.1 Å². The number of rotatable bonds is 6. The van der Waals surface area contributed by atoms with Crippen LogP contribution in [-0.4, -0.2) is 55.4 Å². The Morgan fingerprint density at radius 3 is 2.77 bits per heavy atom. The van der Waals surface area contributed by atoms with Crippen molar-refractivity contribution in [2.24, 2.45) is 0 Å². The van der Waals surface area contributed by atoms with E-state index in [0.717, 1.165) is 30.0 Å². The van der Waals surface area contributed by atoms with E-state index in [2.05, 4.69) is 9.97 Å². The van der Waals surface area contributed by atoms with E-state index in [4.69, 9.17) is 4.74 Å². The first-order valence-electron chi connectivity index (χ1n) is 9.05. The topological polar surface area (TPSA) is 139 Å². The van der Waals surface area contributed by atoms with Gasteiger partial charge in [0.25, 0.3) is 0 Å². The number of morpholine rings is 1. The second-order valence-electron chi connectivity index (χ2n) is 6.66. The zero-order valence-electron chi connectivity index (χ0n) is 16.6. The molecule has 2 atom stereocenters. The summed E-state index contributed by atoms with van der Waals surface area (Å²) in [5.74, 6) is -0.896. The molecule has 1 fully saturated rings. The van der Waals surface area contributed by atoms with E-state index in [0.29, 0.717) is 19.7 Å². The van der Waals surface area contributed by atoms with E-state index >= 15 is 0 Å². The molecule has 1 aromatic heterocycles. The lowest BCUT2D eigenvalue weighted by molar-refractivity contribution is -0.385. The van der Waals surface area contributed by atoms with Crippen LogP contribution in [0.3, 0.4) is 0 Å². The third kappa shape index (κ3) is 4.60. The van der Waals surface area contributed by atoms with Crippen LogP contribution < -0.4 is 4.90 Å². The third-order valence-corrected chi connectivity index (χ3v) is 6.99. The molecule has 2 heterocycles. The highest BCUT2D eigenvalue weighted by molar-refractivity contribution is 7.98. The molecule has 164 valence electrons. The first-order chi connectivity index (χ1) is 14.7. The summed E-state index contributed by atoms with van der Waals surface area (Å²) in [5, 5.41) is 19.8. The highest BCUT2D eigenvalue weighted by Crippen LogP contribution is 2.39. The molecule has 0 radical (unpaired) electrons. The predicted octanol–water partition coefficient (Wildman–Crippen LogP) is 2.51. The Labute approximate surface area is 182 Å². The minimum Gasteiger partial charge on any atom is -0.375 e. The van der Waals surface area contributed by atoms with Gasteiger partial charge in [0, 0.05) is 13.1 Å². The molecule has 0 amide bonds. The van der Waals surface area contributed by atoms with Gasteiger partial charge in [-0.2, -0.15) is 10.2 Å². The van der Waals surface area contributed by atoms with Gasteiger partial charge in [0.05, 0.1) is 28.6 Å². The van der Waals surface area contributed by atoms with E-state index in [1.165, 1.54) is 6.07 Å². The number of nitriles is 1. The van der Waals surface area contributed by atoms with Crippen molar-refractivity contribution in [1.82, 2.24) is 9.97 Å². The predicted molar refractivity (Wildman–Crippen MR) is 110 cm³/mol. The summed E-state index contributed by atoms with van der Waals surface area (Å²) in [6.07, 6.45) is 1.39. The lowest BCUT2D eigenvalue weighted by Crippen LogP contribution is -2.42. The normalized spacial score (nSPS) is 17.7. The lowest BCUT2D eigenvalue weighted by Gasteiger charge is -2.32. The van der Waals surface area contributed by atoms with Crippen LogP contribution in [0.1, 0.15) is 17.9 Å². The van der Waals surface area contributed by atoms with Crippen LogP contribution in [0, 0.1) is 27.3 Å². The van der Waals surface area contributed by atoms with E-state index in [-0.39, 0.29) is 17.1 Å². The molecule has 1 aliphatic rings. The third-order valence-electron chi connectivity index (χ3n) is 4.58. The number of sulfone groups is 1. The fourth-order valence-corrected chi connectivity index (χ4v) is 4.96. The molecule has 2 unspecified atom stereocenters. The van der Waals surface area contributed by atoms with Gasteiger partial charge in [-0.05, 0) is 31.4 Å². The molecule has 10 nitrogen and oxygen atoms in total. The number of anilines is 1. The smallest absolute Gasteiger partial charge is 0.335 e. The fraction of sp³-hybridized carbons (Fsp3) is 0.389. The van der Waals surface area contributed by atoms with Crippen molar-refractivity contribution in [3.8, 4) is 6.07 Å². The first kappa shape index (κ1) is 22.9. The van der Waals surface area contributed by atoms with Gasteiger partial charge in [0.15, 0.2) is 10.9 Å². The summed E-state index contributed by atoms with van der Waals surface area (Å²) in [5.41, 5.74) is -1.22. The molecule has 1 saturated heterocycles. The van der Waals surface area contributed by atoms with Crippen molar-refractivity contribution in [3.05, 3.63) is 45.9 Å². The highest BCUT2D eigenvalue weighted by atomic mass is 32.2. The summed E-state index contributed by atoms with van der Waals surface area (Å²) in [6.45, 7) is 2.68. The molecule has 2 aromatic rings. The van der Waals surface area contributed by atoms with Crippen LogP contribution >= 0.6 is 11.8 Å². The van der Waals surface area contributed by atoms with E-state index in [1.807, 2.05) is 0 Å². The minimum atomic E-state index is -4.51. The van der Waals surface area contributed by atoms with Crippen molar-refractivity contribution in [2.45, 2.75) is 28.3 Å². The number of halogens is 1. The van der Waals surface area contributed by atoms with Crippen LogP contribution in [0.2, 0.25) is 0 Å². The first-order valence-corrected chi connectivity index (χ1v) is 11.8. The van der Waals surface area contributed by atoms with Crippen molar-refractivity contribution in [1.29, 1.82) is 5.26 Å². The highest BCUT2D eigenvalue weighted by Gasteiger charge is 2.40. The monoisotopic (exact) mass is 467 g/mol. The number of hydrogen-bond donors (Lipinski definition) is 0. The van der Waals surface area contributed by atoms with Crippen LogP contribution in [0.5, 0.6) is 0 Å². The average molecular weight is 468 g/mol. The Kier molecular flexibility index (Phi) is 6.73.